The minimum atomic E-state index is -0.251. The van der Waals surface area contributed by atoms with Gasteiger partial charge >= 0.3 is 0 Å². The second-order valence-corrected chi connectivity index (χ2v) is 5.79. The molecule has 2 aromatic carbocycles. The molecule has 0 bridgehead atoms. The Morgan fingerprint density at radius 2 is 1.96 bits per heavy atom. The molecule has 1 atom stereocenters. The van der Waals surface area contributed by atoms with Crippen LogP contribution in [-0.2, 0) is 11.2 Å². The zero-order valence-electron chi connectivity index (χ0n) is 13.2. The molecule has 3 nitrogen and oxygen atoms in total. The predicted molar refractivity (Wildman–Crippen MR) is 86.8 cm³/mol. The zero-order chi connectivity index (χ0) is 16.2. The number of rotatable bonds is 4. The number of aryl methyl sites for hydroxylation is 1. The number of carbonyl (C=O) groups excluding carboxylic acids is 1. The first kappa shape index (κ1) is 15.5. The molecule has 0 saturated carbocycles. The first-order chi connectivity index (χ1) is 11.2. The molecule has 1 aliphatic heterocycles. The van der Waals surface area contributed by atoms with Crippen LogP contribution in [0.25, 0.3) is 0 Å². The van der Waals surface area contributed by atoms with Crippen molar-refractivity contribution in [3.05, 3.63) is 65.5 Å². The maximum absolute atomic E-state index is 13.7. The van der Waals surface area contributed by atoms with Crippen molar-refractivity contribution in [2.45, 2.75) is 25.3 Å². The van der Waals surface area contributed by atoms with Gasteiger partial charge in [-0.2, -0.15) is 0 Å². The maximum atomic E-state index is 13.7. The van der Waals surface area contributed by atoms with E-state index in [9.17, 15) is 9.18 Å². The van der Waals surface area contributed by atoms with Crippen LogP contribution in [0, 0.1) is 5.82 Å². The fourth-order valence-corrected chi connectivity index (χ4v) is 3.02. The van der Waals surface area contributed by atoms with E-state index in [4.69, 9.17) is 4.74 Å². The maximum Gasteiger partial charge on any atom is 0.223 e. The average Bonchev–Trinajstić information content (AvgIpc) is 2.59. The number of nitrogens with zero attached hydrogens (tertiary/aromatic N) is 1. The average molecular weight is 313 g/mol. The molecule has 4 heteroatoms. The van der Waals surface area contributed by atoms with E-state index in [0.717, 1.165) is 17.7 Å². The van der Waals surface area contributed by atoms with Crippen molar-refractivity contribution in [3.8, 4) is 5.75 Å². The summed E-state index contributed by atoms with van der Waals surface area (Å²) in [5, 5.41) is 0. The smallest absolute Gasteiger partial charge is 0.223 e. The number of para-hydroxylation sites is 1. The molecule has 0 aliphatic carbocycles. The van der Waals surface area contributed by atoms with Gasteiger partial charge in [0.25, 0.3) is 0 Å². The molecule has 1 heterocycles. The zero-order valence-corrected chi connectivity index (χ0v) is 13.2. The van der Waals surface area contributed by atoms with Gasteiger partial charge in [0, 0.05) is 25.5 Å². The summed E-state index contributed by atoms with van der Waals surface area (Å²) in [7, 11) is 1.82. The highest BCUT2D eigenvalue weighted by Crippen LogP contribution is 2.35. The lowest BCUT2D eigenvalue weighted by atomic mass is 9.98. The minimum Gasteiger partial charge on any atom is -0.493 e. The number of carbonyl (C=O) groups is 1. The molecule has 1 unspecified atom stereocenters. The van der Waals surface area contributed by atoms with E-state index in [0.29, 0.717) is 25.0 Å². The number of hydrogen-bond acceptors (Lipinski definition) is 2. The van der Waals surface area contributed by atoms with Crippen molar-refractivity contribution in [3.63, 3.8) is 0 Å². The largest absolute Gasteiger partial charge is 0.493 e. The number of amides is 1. The van der Waals surface area contributed by atoms with Crippen LogP contribution in [0.15, 0.2) is 48.5 Å². The Balaban J connectivity index is 1.68. The lowest BCUT2D eigenvalue weighted by molar-refractivity contribution is -0.132. The number of fused-ring (bicyclic) bond motifs is 1. The Bertz CT molecular complexity index is 701. The van der Waals surface area contributed by atoms with Gasteiger partial charge < -0.3 is 9.64 Å². The van der Waals surface area contributed by atoms with Gasteiger partial charge in [-0.3, -0.25) is 4.79 Å². The molecule has 0 spiro atoms. The lowest BCUT2D eigenvalue weighted by Gasteiger charge is -2.33. The summed E-state index contributed by atoms with van der Waals surface area (Å²) in [6, 6.07) is 14.4. The van der Waals surface area contributed by atoms with Gasteiger partial charge in [0.15, 0.2) is 0 Å². The molecule has 120 valence electrons. The molecule has 0 radical (unpaired) electrons. The van der Waals surface area contributed by atoms with Gasteiger partial charge in [0.1, 0.15) is 11.6 Å². The molecule has 1 amide bonds. The van der Waals surface area contributed by atoms with Crippen LogP contribution in [0.2, 0.25) is 0 Å². The number of ether oxygens (including phenoxy) is 1. The van der Waals surface area contributed by atoms with E-state index in [-0.39, 0.29) is 17.8 Å². The van der Waals surface area contributed by atoms with Gasteiger partial charge in [0.2, 0.25) is 5.91 Å². The van der Waals surface area contributed by atoms with Gasteiger partial charge in [-0.15, -0.1) is 0 Å². The Labute approximate surface area is 135 Å². The second-order valence-electron chi connectivity index (χ2n) is 5.79. The summed E-state index contributed by atoms with van der Waals surface area (Å²) in [6.07, 6.45) is 1.50. The van der Waals surface area contributed by atoms with Gasteiger partial charge in [-0.05, 0) is 24.1 Å². The molecule has 1 aliphatic rings. The SMILES string of the molecule is CN(C(=O)CCc1ccccc1F)C1CCOc2ccccc21. The standard InChI is InChI=1S/C19H20FNO2/c1-21(17-12-13-23-18-9-5-3-7-15(17)18)19(22)11-10-14-6-2-4-8-16(14)20/h2-9,17H,10-13H2,1H3. The Morgan fingerprint density at radius 3 is 2.78 bits per heavy atom. The number of hydrogen-bond donors (Lipinski definition) is 0. The molecule has 3 rings (SSSR count). The van der Waals surface area contributed by atoms with Crippen molar-refractivity contribution in [1.82, 2.24) is 4.90 Å². The highest BCUT2D eigenvalue weighted by atomic mass is 19.1. The fourth-order valence-electron chi connectivity index (χ4n) is 3.02. The third-order valence-electron chi connectivity index (χ3n) is 4.35. The third kappa shape index (κ3) is 3.36. The summed E-state index contributed by atoms with van der Waals surface area (Å²) < 4.78 is 19.3. The van der Waals surface area contributed by atoms with E-state index >= 15 is 0 Å². The van der Waals surface area contributed by atoms with Crippen molar-refractivity contribution in [2.75, 3.05) is 13.7 Å². The summed E-state index contributed by atoms with van der Waals surface area (Å²) in [4.78, 5) is 14.3. The molecule has 2 aromatic rings. The van der Waals surface area contributed by atoms with Gasteiger partial charge in [-0.1, -0.05) is 36.4 Å². The fraction of sp³-hybridized carbons (Fsp3) is 0.316. The normalized spacial score (nSPS) is 16.3. The number of benzene rings is 2. The molecular weight excluding hydrogens is 293 g/mol. The quantitative estimate of drug-likeness (QED) is 0.860. The first-order valence-electron chi connectivity index (χ1n) is 7.87. The van der Waals surface area contributed by atoms with Gasteiger partial charge in [0.05, 0.1) is 12.6 Å². The topological polar surface area (TPSA) is 29.5 Å². The highest BCUT2D eigenvalue weighted by molar-refractivity contribution is 5.77. The summed E-state index contributed by atoms with van der Waals surface area (Å²) in [6.45, 7) is 0.604. The first-order valence-corrected chi connectivity index (χ1v) is 7.87. The Hall–Kier alpha value is -2.36. The van der Waals surface area contributed by atoms with E-state index in [1.165, 1.54) is 6.07 Å². The Morgan fingerprint density at radius 1 is 1.22 bits per heavy atom. The Kier molecular flexibility index (Phi) is 4.60. The van der Waals surface area contributed by atoms with Gasteiger partial charge in [-0.25, -0.2) is 4.39 Å². The second kappa shape index (κ2) is 6.82. The summed E-state index contributed by atoms with van der Waals surface area (Å²) in [5.41, 5.74) is 1.63. The molecule has 23 heavy (non-hydrogen) atoms. The van der Waals surface area contributed by atoms with Crippen molar-refractivity contribution in [1.29, 1.82) is 0 Å². The van der Waals surface area contributed by atoms with E-state index < -0.39 is 0 Å². The highest BCUT2D eigenvalue weighted by Gasteiger charge is 2.27. The molecule has 0 saturated heterocycles. The van der Waals surface area contributed by atoms with Crippen molar-refractivity contribution < 1.29 is 13.9 Å². The van der Waals surface area contributed by atoms with Crippen LogP contribution in [0.4, 0.5) is 4.39 Å². The summed E-state index contributed by atoms with van der Waals surface area (Å²) >= 11 is 0. The minimum absolute atomic E-state index is 0.0214. The molecule has 0 fully saturated rings. The van der Waals surface area contributed by atoms with Crippen molar-refractivity contribution >= 4 is 5.91 Å². The van der Waals surface area contributed by atoms with Crippen LogP contribution in [-0.4, -0.2) is 24.5 Å². The predicted octanol–water partition coefficient (Wildman–Crippen LogP) is 3.74. The van der Waals surface area contributed by atoms with E-state index in [2.05, 4.69) is 0 Å². The van der Waals surface area contributed by atoms with Crippen LogP contribution >= 0.6 is 0 Å². The van der Waals surface area contributed by atoms with Crippen LogP contribution in [0.1, 0.15) is 30.0 Å². The van der Waals surface area contributed by atoms with Crippen LogP contribution < -0.4 is 4.74 Å². The van der Waals surface area contributed by atoms with E-state index in [1.807, 2.05) is 31.3 Å². The van der Waals surface area contributed by atoms with Crippen LogP contribution in [0.3, 0.4) is 0 Å². The molecular formula is C19H20FNO2. The van der Waals surface area contributed by atoms with E-state index in [1.54, 1.807) is 23.1 Å². The third-order valence-corrected chi connectivity index (χ3v) is 4.35. The van der Waals surface area contributed by atoms with Crippen LogP contribution in [0.5, 0.6) is 5.75 Å². The van der Waals surface area contributed by atoms with Crippen molar-refractivity contribution in [2.24, 2.45) is 0 Å². The molecule has 0 N–H and O–H groups in total. The molecule has 0 aromatic heterocycles. The summed E-state index contributed by atoms with van der Waals surface area (Å²) in [5.74, 6) is 0.617. The lowest BCUT2D eigenvalue weighted by Crippen LogP contribution is -2.34. The monoisotopic (exact) mass is 313 g/mol. The number of halogens is 1.